The summed E-state index contributed by atoms with van der Waals surface area (Å²) in [7, 11) is 0. The summed E-state index contributed by atoms with van der Waals surface area (Å²) in [5.41, 5.74) is 0.976. The van der Waals surface area contributed by atoms with Crippen molar-refractivity contribution in [3.63, 3.8) is 0 Å². The second kappa shape index (κ2) is 8.48. The fourth-order valence-electron chi connectivity index (χ4n) is 3.77. The number of nitrogens with zero attached hydrogens (tertiary/aromatic N) is 8. The topological polar surface area (TPSA) is 166 Å². The van der Waals surface area contributed by atoms with Gasteiger partial charge in [0.15, 0.2) is 11.5 Å². The van der Waals surface area contributed by atoms with Crippen LogP contribution in [-0.4, -0.2) is 77.0 Å². The van der Waals surface area contributed by atoms with E-state index in [0.29, 0.717) is 10.1 Å². The zero-order valence-electron chi connectivity index (χ0n) is 17.8. The SMILES string of the molecule is N#Cc1cccc2c1nc(N[C@@H]1CN(C(=O)O)CCNC1=O)n1nc(-c3cnn(C(F)F)c3)nc21. The van der Waals surface area contributed by atoms with Gasteiger partial charge in [0.2, 0.25) is 11.9 Å². The van der Waals surface area contributed by atoms with Gasteiger partial charge in [0.25, 0.3) is 0 Å². The number of fused-ring (bicyclic) bond motifs is 3. The summed E-state index contributed by atoms with van der Waals surface area (Å²) in [4.78, 5) is 34.1. The Balaban J connectivity index is 1.66. The van der Waals surface area contributed by atoms with Crippen molar-refractivity contribution in [1.82, 2.24) is 39.6 Å². The maximum absolute atomic E-state index is 13.0. The zero-order valence-corrected chi connectivity index (χ0v) is 17.8. The van der Waals surface area contributed by atoms with Crippen LogP contribution in [0.1, 0.15) is 12.1 Å². The molecule has 1 saturated heterocycles. The Labute approximate surface area is 194 Å². The lowest BCUT2D eigenvalue weighted by molar-refractivity contribution is -0.121. The molecule has 4 aromatic rings. The van der Waals surface area contributed by atoms with Gasteiger partial charge in [0.1, 0.15) is 12.1 Å². The molecule has 2 amide bonds. The molecule has 0 radical (unpaired) electrons. The molecule has 1 atom stereocenters. The number of halogens is 2. The summed E-state index contributed by atoms with van der Waals surface area (Å²) in [5.74, 6) is -0.368. The first-order valence-electron chi connectivity index (χ1n) is 10.3. The number of anilines is 1. The minimum atomic E-state index is -2.84. The number of aromatic nitrogens is 6. The molecule has 1 aliphatic heterocycles. The third-order valence-corrected chi connectivity index (χ3v) is 5.46. The van der Waals surface area contributed by atoms with Gasteiger partial charge in [-0.25, -0.2) is 19.4 Å². The Morgan fingerprint density at radius 3 is 2.89 bits per heavy atom. The molecule has 3 aromatic heterocycles. The van der Waals surface area contributed by atoms with E-state index >= 15 is 0 Å². The Hall–Kier alpha value is -4.87. The van der Waals surface area contributed by atoms with Crippen molar-refractivity contribution in [2.75, 3.05) is 25.0 Å². The molecule has 0 saturated carbocycles. The van der Waals surface area contributed by atoms with E-state index < -0.39 is 24.6 Å². The highest BCUT2D eigenvalue weighted by Crippen LogP contribution is 2.27. The summed E-state index contributed by atoms with van der Waals surface area (Å²) in [6.45, 7) is -2.75. The van der Waals surface area contributed by atoms with Gasteiger partial charge in [0, 0.05) is 24.7 Å². The standard InChI is InChI=1S/C20H16F2N10O3/c21-18(22)31-8-11(7-25-31)15-28-16-12-3-1-2-10(6-23)14(12)27-19(32(16)29-15)26-13-9-30(20(34)35)5-4-24-17(13)33/h1-3,7-8,13,18H,4-5,9H2,(H,24,33)(H,26,27)(H,34,35)/t13-/m1/s1. The van der Waals surface area contributed by atoms with E-state index in [0.717, 1.165) is 11.1 Å². The molecule has 4 heterocycles. The van der Waals surface area contributed by atoms with Gasteiger partial charge in [0.05, 0.1) is 29.4 Å². The van der Waals surface area contributed by atoms with Crippen LogP contribution >= 0.6 is 0 Å². The number of hydrogen-bond donors (Lipinski definition) is 3. The predicted molar refractivity (Wildman–Crippen MR) is 115 cm³/mol. The van der Waals surface area contributed by atoms with Gasteiger partial charge in [-0.1, -0.05) is 6.07 Å². The number of nitrogens with one attached hydrogen (secondary N) is 2. The molecular weight excluding hydrogens is 466 g/mol. The summed E-state index contributed by atoms with van der Waals surface area (Å²) >= 11 is 0. The molecule has 0 spiro atoms. The van der Waals surface area contributed by atoms with E-state index in [4.69, 9.17) is 0 Å². The smallest absolute Gasteiger partial charge is 0.407 e. The summed E-state index contributed by atoms with van der Waals surface area (Å²) in [6.07, 6.45) is 1.09. The number of alkyl halides is 2. The predicted octanol–water partition coefficient (Wildman–Crippen LogP) is 1.30. The van der Waals surface area contributed by atoms with Crippen LogP contribution in [0.15, 0.2) is 30.6 Å². The Bertz CT molecular complexity index is 1510. The van der Waals surface area contributed by atoms with Crippen LogP contribution in [0.2, 0.25) is 0 Å². The van der Waals surface area contributed by atoms with E-state index in [1.807, 2.05) is 0 Å². The van der Waals surface area contributed by atoms with Crippen molar-refractivity contribution < 1.29 is 23.5 Å². The van der Waals surface area contributed by atoms with Crippen LogP contribution in [0, 0.1) is 11.3 Å². The van der Waals surface area contributed by atoms with Crippen molar-refractivity contribution in [1.29, 1.82) is 5.26 Å². The number of nitriles is 1. The first-order chi connectivity index (χ1) is 16.9. The Morgan fingerprint density at radius 1 is 1.34 bits per heavy atom. The maximum Gasteiger partial charge on any atom is 0.407 e. The number of benzene rings is 1. The highest BCUT2D eigenvalue weighted by Gasteiger charge is 2.29. The van der Waals surface area contributed by atoms with Crippen LogP contribution in [0.25, 0.3) is 27.9 Å². The first kappa shape index (κ1) is 21.9. The minimum Gasteiger partial charge on any atom is -0.465 e. The van der Waals surface area contributed by atoms with Gasteiger partial charge >= 0.3 is 12.6 Å². The van der Waals surface area contributed by atoms with Crippen LogP contribution < -0.4 is 10.6 Å². The average molecular weight is 482 g/mol. The number of carbonyl (C=O) groups is 2. The molecule has 5 rings (SSSR count). The molecule has 35 heavy (non-hydrogen) atoms. The third-order valence-electron chi connectivity index (χ3n) is 5.46. The molecule has 1 fully saturated rings. The molecule has 15 heteroatoms. The fourth-order valence-corrected chi connectivity index (χ4v) is 3.77. The molecule has 0 bridgehead atoms. The number of amides is 2. The quantitative estimate of drug-likeness (QED) is 0.388. The zero-order chi connectivity index (χ0) is 24.7. The van der Waals surface area contributed by atoms with Crippen molar-refractivity contribution in [3.8, 4) is 17.5 Å². The molecule has 0 unspecified atom stereocenters. The lowest BCUT2D eigenvalue weighted by Crippen LogP contribution is -2.44. The number of rotatable bonds is 4. The first-order valence-corrected chi connectivity index (χ1v) is 10.3. The Morgan fingerprint density at radius 2 is 2.17 bits per heavy atom. The molecular formula is C20H16F2N10O3. The monoisotopic (exact) mass is 482 g/mol. The maximum atomic E-state index is 13.0. The van der Waals surface area contributed by atoms with E-state index in [9.17, 15) is 28.7 Å². The second-order valence-corrected chi connectivity index (χ2v) is 7.62. The lowest BCUT2D eigenvalue weighted by atomic mass is 10.1. The van der Waals surface area contributed by atoms with Gasteiger partial charge < -0.3 is 20.6 Å². The number of carboxylic acid groups (broad SMARTS) is 1. The fraction of sp³-hybridized carbons (Fsp3) is 0.250. The van der Waals surface area contributed by atoms with Crippen molar-refractivity contribution in [2.45, 2.75) is 12.6 Å². The average Bonchev–Trinajstić information content (AvgIpc) is 3.46. The van der Waals surface area contributed by atoms with Crippen molar-refractivity contribution in [3.05, 3.63) is 36.2 Å². The molecule has 178 valence electrons. The van der Waals surface area contributed by atoms with Crippen molar-refractivity contribution >= 4 is 34.5 Å². The van der Waals surface area contributed by atoms with E-state index in [1.165, 1.54) is 10.7 Å². The molecule has 0 aliphatic carbocycles. The van der Waals surface area contributed by atoms with Crippen LogP contribution in [0.4, 0.5) is 19.5 Å². The summed E-state index contributed by atoms with van der Waals surface area (Å²) < 4.78 is 27.7. The van der Waals surface area contributed by atoms with E-state index in [2.05, 4.69) is 36.9 Å². The van der Waals surface area contributed by atoms with Crippen LogP contribution in [0.5, 0.6) is 0 Å². The number of carbonyl (C=O) groups excluding carboxylic acids is 1. The van der Waals surface area contributed by atoms with Crippen molar-refractivity contribution in [2.24, 2.45) is 0 Å². The van der Waals surface area contributed by atoms with Crippen LogP contribution in [-0.2, 0) is 4.79 Å². The number of para-hydroxylation sites is 1. The van der Waals surface area contributed by atoms with Crippen LogP contribution in [0.3, 0.4) is 0 Å². The van der Waals surface area contributed by atoms with E-state index in [1.54, 1.807) is 18.2 Å². The van der Waals surface area contributed by atoms with Gasteiger partial charge in [-0.2, -0.15) is 23.7 Å². The van der Waals surface area contributed by atoms with E-state index in [-0.39, 0.29) is 53.7 Å². The van der Waals surface area contributed by atoms with Gasteiger partial charge in [-0.15, -0.1) is 5.10 Å². The third kappa shape index (κ3) is 3.90. The molecule has 13 nitrogen and oxygen atoms in total. The highest BCUT2D eigenvalue weighted by atomic mass is 19.3. The number of hydrogen-bond acceptors (Lipinski definition) is 8. The van der Waals surface area contributed by atoms with Gasteiger partial charge in [-0.3, -0.25) is 4.79 Å². The highest BCUT2D eigenvalue weighted by molar-refractivity contribution is 5.96. The Kier molecular flexibility index (Phi) is 5.32. The lowest BCUT2D eigenvalue weighted by Gasteiger charge is -2.21. The molecule has 3 N–H and O–H groups in total. The summed E-state index contributed by atoms with van der Waals surface area (Å²) in [6, 6.07) is 5.90. The molecule has 1 aliphatic rings. The normalized spacial score (nSPS) is 16.3. The largest absolute Gasteiger partial charge is 0.465 e. The summed E-state index contributed by atoms with van der Waals surface area (Å²) in [5, 5.41) is 32.9. The minimum absolute atomic E-state index is 0.0163. The van der Waals surface area contributed by atoms with Gasteiger partial charge in [-0.05, 0) is 12.1 Å². The molecule has 1 aromatic carbocycles. The second-order valence-electron chi connectivity index (χ2n) is 7.62.